The lowest BCUT2D eigenvalue weighted by atomic mass is 9.94. The summed E-state index contributed by atoms with van der Waals surface area (Å²) in [7, 11) is 0. The van der Waals surface area contributed by atoms with E-state index in [4.69, 9.17) is 5.73 Å². The monoisotopic (exact) mass is 257 g/mol. The average Bonchev–Trinajstić information content (AvgIpc) is 2.46. The number of benzene rings is 2. The van der Waals surface area contributed by atoms with E-state index in [2.05, 4.69) is 38.1 Å². The molecule has 2 aromatic carbocycles. The van der Waals surface area contributed by atoms with E-state index in [0.29, 0.717) is 5.92 Å². The predicted octanol–water partition coefficient (Wildman–Crippen LogP) is 4.39. The van der Waals surface area contributed by atoms with Crippen molar-refractivity contribution in [2.75, 3.05) is 0 Å². The third-order valence-corrected chi connectivity index (χ3v) is 3.71. The molecule has 0 aliphatic carbocycles. The van der Waals surface area contributed by atoms with Gasteiger partial charge in [-0.1, -0.05) is 50.2 Å². The minimum Gasteiger partial charge on any atom is -0.320 e. The van der Waals surface area contributed by atoms with Gasteiger partial charge in [0.1, 0.15) is 5.82 Å². The van der Waals surface area contributed by atoms with Gasteiger partial charge in [0.25, 0.3) is 0 Å². The number of nitrogens with two attached hydrogens (primary N) is 1. The molecule has 2 atom stereocenters. The maximum atomic E-state index is 12.9. The Balaban J connectivity index is 2.19. The Labute approximate surface area is 114 Å². The fourth-order valence-electron chi connectivity index (χ4n) is 2.13. The van der Waals surface area contributed by atoms with Gasteiger partial charge < -0.3 is 5.73 Å². The highest BCUT2D eigenvalue weighted by Crippen LogP contribution is 2.23. The standard InChI is InChI=1S/C17H20FN/c1-3-12(2)13-4-6-14(7-5-13)17(19)15-8-10-16(18)11-9-15/h4-12,17H,3,19H2,1-2H3. The first-order valence-electron chi connectivity index (χ1n) is 6.72. The Kier molecular flexibility index (Phi) is 4.33. The van der Waals surface area contributed by atoms with Crippen molar-refractivity contribution in [1.82, 2.24) is 0 Å². The molecule has 0 aromatic heterocycles. The third kappa shape index (κ3) is 3.21. The molecule has 2 heteroatoms. The Morgan fingerprint density at radius 2 is 1.32 bits per heavy atom. The van der Waals surface area contributed by atoms with E-state index in [-0.39, 0.29) is 11.9 Å². The molecule has 0 saturated carbocycles. The Morgan fingerprint density at radius 1 is 0.895 bits per heavy atom. The average molecular weight is 257 g/mol. The summed E-state index contributed by atoms with van der Waals surface area (Å²) < 4.78 is 12.9. The topological polar surface area (TPSA) is 26.0 Å². The summed E-state index contributed by atoms with van der Waals surface area (Å²) in [5.74, 6) is 0.333. The third-order valence-electron chi connectivity index (χ3n) is 3.71. The van der Waals surface area contributed by atoms with Crippen molar-refractivity contribution in [1.29, 1.82) is 0 Å². The van der Waals surface area contributed by atoms with Crippen molar-refractivity contribution in [3.8, 4) is 0 Å². The van der Waals surface area contributed by atoms with Gasteiger partial charge in [-0.15, -0.1) is 0 Å². The highest BCUT2D eigenvalue weighted by molar-refractivity contribution is 5.34. The molecule has 2 aromatic rings. The fraction of sp³-hybridized carbons (Fsp3) is 0.294. The molecule has 100 valence electrons. The van der Waals surface area contributed by atoms with Crippen LogP contribution in [0.15, 0.2) is 48.5 Å². The summed E-state index contributed by atoms with van der Waals surface area (Å²) >= 11 is 0. The first kappa shape index (κ1) is 13.8. The first-order valence-corrected chi connectivity index (χ1v) is 6.72. The number of halogens is 1. The summed E-state index contributed by atoms with van der Waals surface area (Å²) in [5.41, 5.74) is 9.52. The van der Waals surface area contributed by atoms with Crippen LogP contribution in [-0.2, 0) is 0 Å². The van der Waals surface area contributed by atoms with Crippen LogP contribution in [0.3, 0.4) is 0 Å². The van der Waals surface area contributed by atoms with Gasteiger partial charge in [-0.3, -0.25) is 0 Å². The fourth-order valence-corrected chi connectivity index (χ4v) is 2.13. The summed E-state index contributed by atoms with van der Waals surface area (Å²) in [5, 5.41) is 0. The molecule has 0 fully saturated rings. The zero-order chi connectivity index (χ0) is 13.8. The highest BCUT2D eigenvalue weighted by Gasteiger charge is 2.10. The second kappa shape index (κ2) is 5.98. The van der Waals surface area contributed by atoms with Gasteiger partial charge in [-0.2, -0.15) is 0 Å². The van der Waals surface area contributed by atoms with Crippen molar-refractivity contribution >= 4 is 0 Å². The molecule has 0 amide bonds. The van der Waals surface area contributed by atoms with E-state index in [1.165, 1.54) is 17.7 Å². The lowest BCUT2D eigenvalue weighted by Gasteiger charge is -2.15. The molecule has 2 unspecified atom stereocenters. The molecular formula is C17H20FN. The molecule has 0 spiro atoms. The predicted molar refractivity (Wildman–Crippen MR) is 77.6 cm³/mol. The van der Waals surface area contributed by atoms with Crippen LogP contribution < -0.4 is 5.73 Å². The smallest absolute Gasteiger partial charge is 0.123 e. The molecular weight excluding hydrogens is 237 g/mol. The molecule has 19 heavy (non-hydrogen) atoms. The maximum absolute atomic E-state index is 12.9. The Hall–Kier alpha value is -1.67. The summed E-state index contributed by atoms with van der Waals surface area (Å²) in [6, 6.07) is 14.6. The van der Waals surface area contributed by atoms with Crippen LogP contribution in [-0.4, -0.2) is 0 Å². The van der Waals surface area contributed by atoms with E-state index < -0.39 is 0 Å². The van der Waals surface area contributed by atoms with Crippen LogP contribution in [0.1, 0.15) is 48.9 Å². The van der Waals surface area contributed by atoms with Gasteiger partial charge >= 0.3 is 0 Å². The molecule has 0 heterocycles. The van der Waals surface area contributed by atoms with E-state index in [0.717, 1.165) is 17.5 Å². The summed E-state index contributed by atoms with van der Waals surface area (Å²) in [4.78, 5) is 0. The van der Waals surface area contributed by atoms with E-state index >= 15 is 0 Å². The molecule has 2 rings (SSSR count). The molecule has 0 aliphatic heterocycles. The normalized spacial score (nSPS) is 14.1. The van der Waals surface area contributed by atoms with Crippen LogP contribution in [0.25, 0.3) is 0 Å². The SMILES string of the molecule is CCC(C)c1ccc(C(N)c2ccc(F)cc2)cc1. The molecule has 0 aliphatic rings. The first-order chi connectivity index (χ1) is 9.11. The van der Waals surface area contributed by atoms with E-state index in [1.807, 2.05) is 0 Å². The second-order valence-corrected chi connectivity index (χ2v) is 5.01. The van der Waals surface area contributed by atoms with Gasteiger partial charge in [0.15, 0.2) is 0 Å². The Morgan fingerprint density at radius 3 is 1.79 bits per heavy atom. The Bertz CT molecular complexity index is 516. The molecule has 0 bridgehead atoms. The second-order valence-electron chi connectivity index (χ2n) is 5.01. The molecule has 0 radical (unpaired) electrons. The van der Waals surface area contributed by atoms with Gasteiger partial charge in [-0.05, 0) is 41.2 Å². The van der Waals surface area contributed by atoms with Crippen molar-refractivity contribution < 1.29 is 4.39 Å². The quantitative estimate of drug-likeness (QED) is 0.863. The minimum absolute atomic E-state index is 0.202. The van der Waals surface area contributed by atoms with Gasteiger partial charge in [-0.25, -0.2) is 4.39 Å². The maximum Gasteiger partial charge on any atom is 0.123 e. The lowest BCUT2D eigenvalue weighted by Crippen LogP contribution is -2.11. The number of rotatable bonds is 4. The zero-order valence-corrected chi connectivity index (χ0v) is 11.4. The minimum atomic E-state index is -0.233. The van der Waals surface area contributed by atoms with Crippen LogP contribution in [0.2, 0.25) is 0 Å². The van der Waals surface area contributed by atoms with Gasteiger partial charge in [0.2, 0.25) is 0 Å². The summed E-state index contributed by atoms with van der Waals surface area (Å²) in [6.07, 6.45) is 1.13. The van der Waals surface area contributed by atoms with Crippen molar-refractivity contribution in [2.24, 2.45) is 5.73 Å². The largest absolute Gasteiger partial charge is 0.320 e. The van der Waals surface area contributed by atoms with Crippen molar-refractivity contribution in [3.05, 3.63) is 71.0 Å². The van der Waals surface area contributed by atoms with Crippen LogP contribution in [0, 0.1) is 5.82 Å². The molecule has 1 nitrogen and oxygen atoms in total. The van der Waals surface area contributed by atoms with Crippen LogP contribution in [0.4, 0.5) is 4.39 Å². The van der Waals surface area contributed by atoms with Crippen molar-refractivity contribution in [3.63, 3.8) is 0 Å². The highest BCUT2D eigenvalue weighted by atomic mass is 19.1. The zero-order valence-electron chi connectivity index (χ0n) is 11.4. The lowest BCUT2D eigenvalue weighted by molar-refractivity contribution is 0.626. The van der Waals surface area contributed by atoms with Gasteiger partial charge in [0, 0.05) is 0 Å². The van der Waals surface area contributed by atoms with Crippen LogP contribution >= 0.6 is 0 Å². The summed E-state index contributed by atoms with van der Waals surface area (Å²) in [6.45, 7) is 4.40. The molecule has 0 saturated heterocycles. The van der Waals surface area contributed by atoms with Crippen LogP contribution in [0.5, 0.6) is 0 Å². The van der Waals surface area contributed by atoms with E-state index in [1.54, 1.807) is 12.1 Å². The molecule has 2 N–H and O–H groups in total. The number of hydrogen-bond acceptors (Lipinski definition) is 1. The van der Waals surface area contributed by atoms with Gasteiger partial charge in [0.05, 0.1) is 6.04 Å². The van der Waals surface area contributed by atoms with E-state index in [9.17, 15) is 4.39 Å². The number of hydrogen-bond donors (Lipinski definition) is 1. The van der Waals surface area contributed by atoms with Crippen molar-refractivity contribution in [2.45, 2.75) is 32.2 Å².